The van der Waals surface area contributed by atoms with Gasteiger partial charge in [-0.3, -0.25) is 10.2 Å². The molecule has 1 amide bonds. The molecule has 1 heterocycles. The van der Waals surface area contributed by atoms with E-state index in [-0.39, 0.29) is 12.5 Å². The number of benzene rings is 1. The number of hydrogen-bond acceptors (Lipinski definition) is 4. The predicted octanol–water partition coefficient (Wildman–Crippen LogP) is 1.86. The molecule has 0 bridgehead atoms. The fraction of sp³-hybridized carbons (Fsp3) is 0.444. The average Bonchev–Trinajstić information content (AvgIpc) is 2.55. The lowest BCUT2D eigenvalue weighted by Gasteiger charge is -2.31. The third-order valence-corrected chi connectivity index (χ3v) is 4.05. The molecule has 130 valence electrons. The number of rotatable bonds is 6. The maximum absolute atomic E-state index is 11.7. The molecule has 0 atom stereocenters. The van der Waals surface area contributed by atoms with E-state index in [2.05, 4.69) is 10.6 Å². The Balaban J connectivity index is 2.17. The summed E-state index contributed by atoms with van der Waals surface area (Å²) in [6, 6.07) is 7.86. The van der Waals surface area contributed by atoms with Gasteiger partial charge in [0.25, 0.3) is 0 Å². The van der Waals surface area contributed by atoms with Crippen molar-refractivity contribution in [2.24, 2.45) is 0 Å². The lowest BCUT2D eigenvalue weighted by Crippen LogP contribution is -2.41. The smallest absolute Gasteiger partial charge is 0.219 e. The topological polar surface area (TPSA) is 88.5 Å². The molecule has 2 rings (SSSR count). The number of aliphatic hydroxyl groups is 1. The Morgan fingerprint density at radius 1 is 1.42 bits per heavy atom. The van der Waals surface area contributed by atoms with Gasteiger partial charge in [-0.2, -0.15) is 0 Å². The van der Waals surface area contributed by atoms with Gasteiger partial charge in [-0.25, -0.2) is 0 Å². The largest absolute Gasteiger partial charge is 0.396 e. The van der Waals surface area contributed by atoms with Gasteiger partial charge in [0, 0.05) is 50.0 Å². The van der Waals surface area contributed by atoms with Crippen LogP contribution in [0.3, 0.4) is 0 Å². The van der Waals surface area contributed by atoms with Crippen molar-refractivity contribution in [3.05, 3.63) is 41.1 Å². The van der Waals surface area contributed by atoms with E-state index in [0.717, 1.165) is 22.5 Å². The first-order chi connectivity index (χ1) is 11.5. The standard InChI is InChI=1S/C18H26N4O2/c1-13-5-3-6-15(11-13)21-18(19)16-12-22(14(2)24)9-7-17(16)20-8-4-10-23/h3,5-6,11,20,23H,4,7-10,12H2,1-2H3,(H2,19,21). The minimum Gasteiger partial charge on any atom is -0.396 e. The van der Waals surface area contributed by atoms with Gasteiger partial charge in [0.05, 0.1) is 6.54 Å². The number of nitrogens with one attached hydrogen (secondary N) is 3. The number of nitrogens with zero attached hydrogens (tertiary/aromatic N) is 1. The van der Waals surface area contributed by atoms with E-state index in [9.17, 15) is 4.79 Å². The molecule has 1 aromatic rings. The number of carbonyl (C=O) groups excluding carboxylic acids is 1. The van der Waals surface area contributed by atoms with Crippen LogP contribution < -0.4 is 10.6 Å². The first kappa shape index (κ1) is 18.0. The van der Waals surface area contributed by atoms with Gasteiger partial charge in [-0.05, 0) is 31.0 Å². The second-order valence-electron chi connectivity index (χ2n) is 6.02. The van der Waals surface area contributed by atoms with E-state index in [1.807, 2.05) is 31.2 Å². The maximum atomic E-state index is 11.7. The molecule has 1 aliphatic rings. The quantitative estimate of drug-likeness (QED) is 0.364. The van der Waals surface area contributed by atoms with Crippen LogP contribution in [0.1, 0.15) is 25.3 Å². The molecule has 0 aromatic heterocycles. The number of aryl methyl sites for hydroxylation is 1. The lowest BCUT2D eigenvalue weighted by atomic mass is 10.0. The Morgan fingerprint density at radius 3 is 2.88 bits per heavy atom. The summed E-state index contributed by atoms with van der Waals surface area (Å²) in [7, 11) is 0. The van der Waals surface area contributed by atoms with Gasteiger partial charge >= 0.3 is 0 Å². The van der Waals surface area contributed by atoms with Crippen molar-refractivity contribution in [3.8, 4) is 0 Å². The summed E-state index contributed by atoms with van der Waals surface area (Å²) in [4.78, 5) is 13.4. The molecule has 0 saturated heterocycles. The van der Waals surface area contributed by atoms with Crippen molar-refractivity contribution in [1.82, 2.24) is 10.2 Å². The van der Waals surface area contributed by atoms with Gasteiger partial charge in [0.2, 0.25) is 5.91 Å². The number of hydrogen-bond donors (Lipinski definition) is 4. The van der Waals surface area contributed by atoms with Crippen molar-refractivity contribution in [1.29, 1.82) is 5.41 Å². The monoisotopic (exact) mass is 330 g/mol. The van der Waals surface area contributed by atoms with E-state index >= 15 is 0 Å². The van der Waals surface area contributed by atoms with Crippen molar-refractivity contribution in [2.75, 3.05) is 31.6 Å². The van der Waals surface area contributed by atoms with Gasteiger partial charge in [-0.1, -0.05) is 12.1 Å². The number of aliphatic hydroxyl groups excluding tert-OH is 1. The normalized spacial score (nSPS) is 14.5. The van der Waals surface area contributed by atoms with Gasteiger partial charge in [-0.15, -0.1) is 0 Å². The van der Waals surface area contributed by atoms with Crippen molar-refractivity contribution < 1.29 is 9.90 Å². The number of anilines is 1. The number of amidine groups is 1. The third-order valence-electron chi connectivity index (χ3n) is 4.05. The van der Waals surface area contributed by atoms with Gasteiger partial charge in [0.1, 0.15) is 5.84 Å². The van der Waals surface area contributed by atoms with E-state index in [0.29, 0.717) is 38.3 Å². The molecule has 1 aliphatic heterocycles. The maximum Gasteiger partial charge on any atom is 0.219 e. The molecule has 0 fully saturated rings. The Morgan fingerprint density at radius 2 is 2.21 bits per heavy atom. The molecule has 4 N–H and O–H groups in total. The van der Waals surface area contributed by atoms with Crippen LogP contribution in [-0.2, 0) is 4.79 Å². The first-order valence-electron chi connectivity index (χ1n) is 8.26. The van der Waals surface area contributed by atoms with E-state index < -0.39 is 0 Å². The zero-order chi connectivity index (χ0) is 17.5. The molecule has 0 aliphatic carbocycles. The summed E-state index contributed by atoms with van der Waals surface area (Å²) < 4.78 is 0. The van der Waals surface area contributed by atoms with E-state index in [1.165, 1.54) is 0 Å². The highest BCUT2D eigenvalue weighted by Gasteiger charge is 2.23. The Labute approximate surface area is 143 Å². The molecule has 6 heteroatoms. The minimum atomic E-state index is 0.0188. The molecular formula is C18H26N4O2. The van der Waals surface area contributed by atoms with Crippen LogP contribution >= 0.6 is 0 Å². The minimum absolute atomic E-state index is 0.0188. The van der Waals surface area contributed by atoms with Crippen LogP contribution in [0.4, 0.5) is 5.69 Å². The third kappa shape index (κ3) is 4.83. The predicted molar refractivity (Wildman–Crippen MR) is 96.1 cm³/mol. The highest BCUT2D eigenvalue weighted by molar-refractivity contribution is 6.07. The van der Waals surface area contributed by atoms with E-state index in [1.54, 1.807) is 11.8 Å². The Bertz CT molecular complexity index is 640. The second-order valence-corrected chi connectivity index (χ2v) is 6.02. The Hall–Kier alpha value is -2.34. The summed E-state index contributed by atoms with van der Waals surface area (Å²) in [5, 5.41) is 23.8. The van der Waals surface area contributed by atoms with Crippen LogP contribution in [-0.4, -0.2) is 48.0 Å². The van der Waals surface area contributed by atoms with Crippen molar-refractivity contribution in [2.45, 2.75) is 26.7 Å². The van der Waals surface area contributed by atoms with Crippen LogP contribution in [0.15, 0.2) is 35.5 Å². The lowest BCUT2D eigenvalue weighted by molar-refractivity contribution is -0.128. The molecule has 0 saturated carbocycles. The molecule has 6 nitrogen and oxygen atoms in total. The summed E-state index contributed by atoms with van der Waals surface area (Å²) in [6.45, 7) is 5.43. The highest BCUT2D eigenvalue weighted by atomic mass is 16.3. The molecular weight excluding hydrogens is 304 g/mol. The fourth-order valence-electron chi connectivity index (χ4n) is 2.72. The summed E-state index contributed by atoms with van der Waals surface area (Å²) in [5.74, 6) is 0.323. The van der Waals surface area contributed by atoms with Gasteiger partial charge < -0.3 is 20.6 Å². The zero-order valence-electron chi connectivity index (χ0n) is 14.4. The second kappa shape index (κ2) is 8.49. The summed E-state index contributed by atoms with van der Waals surface area (Å²) in [6.07, 6.45) is 1.35. The number of carbonyl (C=O) groups is 1. The van der Waals surface area contributed by atoms with Crippen molar-refractivity contribution in [3.63, 3.8) is 0 Å². The first-order valence-corrected chi connectivity index (χ1v) is 8.26. The molecule has 1 aromatic carbocycles. The molecule has 0 unspecified atom stereocenters. The molecule has 24 heavy (non-hydrogen) atoms. The molecule has 0 spiro atoms. The summed E-state index contributed by atoms with van der Waals surface area (Å²) in [5.41, 5.74) is 3.77. The highest BCUT2D eigenvalue weighted by Crippen LogP contribution is 2.19. The van der Waals surface area contributed by atoms with E-state index in [4.69, 9.17) is 10.5 Å². The van der Waals surface area contributed by atoms with Crippen LogP contribution in [0.2, 0.25) is 0 Å². The average molecular weight is 330 g/mol. The zero-order valence-corrected chi connectivity index (χ0v) is 14.4. The SMILES string of the molecule is CC(=O)N1CCC(NCCCO)=C(C(=N)Nc2cccc(C)c2)C1. The van der Waals surface area contributed by atoms with Crippen LogP contribution in [0.5, 0.6) is 0 Å². The Kier molecular flexibility index (Phi) is 6.37. The fourth-order valence-corrected chi connectivity index (χ4v) is 2.72. The van der Waals surface area contributed by atoms with Crippen LogP contribution in [0, 0.1) is 12.3 Å². The van der Waals surface area contributed by atoms with Gasteiger partial charge in [0.15, 0.2) is 0 Å². The molecule has 0 radical (unpaired) electrons. The van der Waals surface area contributed by atoms with Crippen molar-refractivity contribution >= 4 is 17.4 Å². The number of amides is 1. The van der Waals surface area contributed by atoms with Crippen LogP contribution in [0.25, 0.3) is 0 Å². The summed E-state index contributed by atoms with van der Waals surface area (Å²) >= 11 is 0.